The van der Waals surface area contributed by atoms with E-state index in [-0.39, 0.29) is 18.0 Å². The summed E-state index contributed by atoms with van der Waals surface area (Å²) in [5, 5.41) is 19.9. The Morgan fingerprint density at radius 2 is 1.81 bits per heavy atom. The fraction of sp³-hybridized carbons (Fsp3) is 0.250. The summed E-state index contributed by atoms with van der Waals surface area (Å²) >= 11 is 0. The van der Waals surface area contributed by atoms with Crippen LogP contribution in [-0.2, 0) is 10.0 Å². The number of nitriles is 1. The summed E-state index contributed by atoms with van der Waals surface area (Å²) in [6.07, 6.45) is 1.57. The summed E-state index contributed by atoms with van der Waals surface area (Å²) in [5.74, 6) is 0. The number of piperazine rings is 1. The van der Waals surface area contributed by atoms with Gasteiger partial charge in [0.05, 0.1) is 16.8 Å². The van der Waals surface area contributed by atoms with Gasteiger partial charge in [0.1, 0.15) is 11.8 Å². The summed E-state index contributed by atoms with van der Waals surface area (Å²) in [5.41, 5.74) is 0.685. The molecule has 0 atom stereocenters. The van der Waals surface area contributed by atoms with Crippen molar-refractivity contribution >= 4 is 21.4 Å². The number of para-hydroxylation sites is 1. The molecule has 0 amide bonds. The molecule has 0 saturated carbocycles. The van der Waals surface area contributed by atoms with Crippen LogP contribution in [0.15, 0.2) is 47.5 Å². The van der Waals surface area contributed by atoms with E-state index in [2.05, 4.69) is 4.98 Å². The predicted octanol–water partition coefficient (Wildman–Crippen LogP) is 1.37. The largest absolute Gasteiger partial charge is 0.368 e. The lowest BCUT2D eigenvalue weighted by Crippen LogP contribution is -2.48. The monoisotopic (exact) mass is 373 g/mol. The van der Waals surface area contributed by atoms with E-state index >= 15 is 0 Å². The number of hydrogen-bond acceptors (Lipinski definition) is 7. The van der Waals surface area contributed by atoms with Crippen molar-refractivity contribution in [3.05, 3.63) is 58.4 Å². The van der Waals surface area contributed by atoms with Gasteiger partial charge in [-0.25, -0.2) is 13.4 Å². The van der Waals surface area contributed by atoms with Gasteiger partial charge >= 0.3 is 0 Å². The van der Waals surface area contributed by atoms with E-state index in [1.807, 2.05) is 11.0 Å². The zero-order chi connectivity index (χ0) is 18.7. The van der Waals surface area contributed by atoms with Gasteiger partial charge in [-0.15, -0.1) is 0 Å². The third-order valence-corrected chi connectivity index (χ3v) is 6.09. The van der Waals surface area contributed by atoms with Crippen LogP contribution in [0.3, 0.4) is 0 Å². The van der Waals surface area contributed by atoms with Crippen LogP contribution < -0.4 is 4.90 Å². The molecule has 1 aromatic heterocycles. The number of pyridine rings is 1. The molecule has 26 heavy (non-hydrogen) atoms. The summed E-state index contributed by atoms with van der Waals surface area (Å²) in [6.45, 7) is 1.25. The highest BCUT2D eigenvalue weighted by Gasteiger charge is 2.33. The Hall–Kier alpha value is -3.03. The molecule has 0 radical (unpaired) electrons. The Bertz CT molecular complexity index is 961. The first-order valence-corrected chi connectivity index (χ1v) is 9.22. The van der Waals surface area contributed by atoms with Gasteiger partial charge < -0.3 is 4.90 Å². The summed E-state index contributed by atoms with van der Waals surface area (Å²) in [4.78, 5) is 16.1. The molecule has 1 aliphatic heterocycles. The first-order valence-electron chi connectivity index (χ1n) is 7.78. The van der Waals surface area contributed by atoms with Gasteiger partial charge in [0.15, 0.2) is 4.90 Å². The van der Waals surface area contributed by atoms with Crippen molar-refractivity contribution in [2.45, 2.75) is 4.90 Å². The number of nitrogens with zero attached hydrogens (tertiary/aromatic N) is 5. The zero-order valence-electron chi connectivity index (χ0n) is 13.6. The van der Waals surface area contributed by atoms with Gasteiger partial charge in [-0.3, -0.25) is 10.1 Å². The summed E-state index contributed by atoms with van der Waals surface area (Å²) in [6, 6.07) is 10.7. The number of anilines is 1. The number of nitro benzene ring substituents is 1. The van der Waals surface area contributed by atoms with Gasteiger partial charge in [0.25, 0.3) is 5.69 Å². The van der Waals surface area contributed by atoms with Gasteiger partial charge in [-0.05, 0) is 18.2 Å². The smallest absolute Gasteiger partial charge is 0.289 e. The van der Waals surface area contributed by atoms with Crippen LogP contribution >= 0.6 is 0 Å². The highest BCUT2D eigenvalue weighted by Crippen LogP contribution is 2.27. The fourth-order valence-electron chi connectivity index (χ4n) is 2.79. The van der Waals surface area contributed by atoms with E-state index in [1.165, 1.54) is 28.6 Å². The van der Waals surface area contributed by atoms with E-state index in [4.69, 9.17) is 5.26 Å². The maximum Gasteiger partial charge on any atom is 0.289 e. The Morgan fingerprint density at radius 3 is 2.38 bits per heavy atom. The normalized spacial score (nSPS) is 15.4. The van der Waals surface area contributed by atoms with Crippen LogP contribution in [0, 0.1) is 21.4 Å². The Balaban J connectivity index is 1.77. The van der Waals surface area contributed by atoms with Crippen LogP contribution in [-0.4, -0.2) is 48.8 Å². The number of benzene rings is 1. The molecule has 1 fully saturated rings. The van der Waals surface area contributed by atoms with Crippen molar-refractivity contribution in [2.24, 2.45) is 0 Å². The Kier molecular flexibility index (Phi) is 4.83. The quantitative estimate of drug-likeness (QED) is 0.586. The third kappa shape index (κ3) is 3.35. The van der Waals surface area contributed by atoms with Crippen molar-refractivity contribution < 1.29 is 13.3 Å². The lowest BCUT2D eigenvalue weighted by Gasteiger charge is -2.35. The molecule has 0 bridgehead atoms. The van der Waals surface area contributed by atoms with E-state index in [0.717, 1.165) is 5.69 Å². The maximum absolute atomic E-state index is 12.8. The average Bonchev–Trinajstić information content (AvgIpc) is 2.68. The van der Waals surface area contributed by atoms with Crippen LogP contribution in [0.2, 0.25) is 0 Å². The topological polar surface area (TPSA) is 120 Å². The number of nitro groups is 1. The molecular formula is C16H15N5O4S. The lowest BCUT2D eigenvalue weighted by molar-refractivity contribution is -0.387. The van der Waals surface area contributed by atoms with Crippen molar-refractivity contribution in [3.8, 4) is 6.07 Å². The molecule has 1 aromatic carbocycles. The Labute approximate surface area is 150 Å². The molecule has 9 nitrogen and oxygen atoms in total. The molecule has 134 valence electrons. The van der Waals surface area contributed by atoms with Crippen molar-refractivity contribution in [2.75, 3.05) is 31.1 Å². The standard InChI is InChI=1S/C16H15N5O4S/c17-11-13-5-6-14(12-18-13)19-7-9-20(10-8-19)26(24,25)16-4-2-1-3-15(16)21(22)23/h1-6,12H,7-10H2. The predicted molar refractivity (Wildman–Crippen MR) is 93.0 cm³/mol. The number of sulfonamides is 1. The highest BCUT2D eigenvalue weighted by atomic mass is 32.2. The van der Waals surface area contributed by atoms with Crippen molar-refractivity contribution in [1.82, 2.24) is 9.29 Å². The maximum atomic E-state index is 12.8. The van der Waals surface area contributed by atoms with Crippen molar-refractivity contribution in [1.29, 1.82) is 5.26 Å². The third-order valence-electron chi connectivity index (χ3n) is 4.15. The highest BCUT2D eigenvalue weighted by molar-refractivity contribution is 7.89. The minimum absolute atomic E-state index is 0.203. The molecule has 2 aromatic rings. The molecular weight excluding hydrogens is 358 g/mol. The Morgan fingerprint density at radius 1 is 1.12 bits per heavy atom. The number of rotatable bonds is 4. The molecule has 0 spiro atoms. The second-order valence-electron chi connectivity index (χ2n) is 5.63. The van der Waals surface area contributed by atoms with Gasteiger partial charge in [0.2, 0.25) is 10.0 Å². The van der Waals surface area contributed by atoms with Gasteiger partial charge in [0, 0.05) is 32.2 Å². The fourth-order valence-corrected chi connectivity index (χ4v) is 4.37. The van der Waals surface area contributed by atoms with Crippen molar-refractivity contribution in [3.63, 3.8) is 0 Å². The SMILES string of the molecule is N#Cc1ccc(N2CCN(S(=O)(=O)c3ccccc3[N+](=O)[O-])CC2)cn1. The second-order valence-corrected chi connectivity index (χ2v) is 7.54. The molecule has 0 N–H and O–H groups in total. The van der Waals surface area contributed by atoms with Crippen LogP contribution in [0.1, 0.15) is 5.69 Å². The zero-order valence-corrected chi connectivity index (χ0v) is 14.5. The minimum atomic E-state index is -3.95. The van der Waals surface area contributed by atoms with E-state index in [0.29, 0.717) is 18.8 Å². The molecule has 0 unspecified atom stereocenters. The first-order chi connectivity index (χ1) is 12.4. The second kappa shape index (κ2) is 7.07. The molecule has 3 rings (SSSR count). The minimum Gasteiger partial charge on any atom is -0.368 e. The molecule has 1 aliphatic rings. The first kappa shape index (κ1) is 17.8. The van der Waals surface area contributed by atoms with E-state index < -0.39 is 20.6 Å². The number of hydrogen-bond donors (Lipinski definition) is 0. The van der Waals surface area contributed by atoms with Gasteiger partial charge in [-0.2, -0.15) is 9.57 Å². The van der Waals surface area contributed by atoms with E-state index in [9.17, 15) is 18.5 Å². The van der Waals surface area contributed by atoms with Crippen LogP contribution in [0.5, 0.6) is 0 Å². The lowest BCUT2D eigenvalue weighted by atomic mass is 10.3. The molecule has 0 aliphatic carbocycles. The number of aromatic nitrogens is 1. The van der Waals surface area contributed by atoms with Gasteiger partial charge in [-0.1, -0.05) is 12.1 Å². The van der Waals surface area contributed by atoms with Crippen LogP contribution in [0.4, 0.5) is 11.4 Å². The summed E-state index contributed by atoms with van der Waals surface area (Å²) in [7, 11) is -3.95. The van der Waals surface area contributed by atoms with E-state index in [1.54, 1.807) is 18.3 Å². The summed E-state index contributed by atoms with van der Waals surface area (Å²) < 4.78 is 26.8. The molecule has 1 saturated heterocycles. The van der Waals surface area contributed by atoms with Crippen LogP contribution in [0.25, 0.3) is 0 Å². The molecule has 10 heteroatoms. The molecule has 2 heterocycles. The average molecular weight is 373 g/mol.